The lowest BCUT2D eigenvalue weighted by Gasteiger charge is -2.38. The van der Waals surface area contributed by atoms with Gasteiger partial charge < -0.3 is 14.6 Å². The van der Waals surface area contributed by atoms with Crippen LogP contribution in [-0.4, -0.2) is 28.9 Å². The largest absolute Gasteiger partial charge is 0.389 e. The summed E-state index contributed by atoms with van der Waals surface area (Å²) in [5.41, 5.74) is -0.356. The number of pyridine rings is 1. The predicted molar refractivity (Wildman–Crippen MR) is 74.6 cm³/mol. The molecule has 21 heavy (non-hydrogen) atoms. The normalized spacial score (nSPS) is 19.1. The van der Waals surface area contributed by atoms with Gasteiger partial charge in [0.05, 0.1) is 17.0 Å². The molecule has 2 heterocycles. The predicted octanol–water partition coefficient (Wildman–Crippen LogP) is 1.80. The van der Waals surface area contributed by atoms with Crippen molar-refractivity contribution >= 4 is 16.6 Å². The van der Waals surface area contributed by atoms with Gasteiger partial charge in [-0.2, -0.15) is 0 Å². The zero-order chi connectivity index (χ0) is 14.7. The number of aliphatic hydroxyl groups excluding tert-OH is 1. The second-order valence-corrected chi connectivity index (χ2v) is 5.79. The number of hydrogen-bond acceptors (Lipinski definition) is 3. The summed E-state index contributed by atoms with van der Waals surface area (Å²) in [5, 5.41) is 9.40. The van der Waals surface area contributed by atoms with E-state index in [-0.39, 0.29) is 41.2 Å². The van der Waals surface area contributed by atoms with Crippen LogP contribution in [0.1, 0.15) is 18.9 Å². The zero-order valence-corrected chi connectivity index (χ0v) is 11.2. The van der Waals surface area contributed by atoms with Crippen LogP contribution in [0.4, 0.5) is 14.5 Å². The van der Waals surface area contributed by atoms with Crippen molar-refractivity contribution in [3.05, 3.63) is 40.2 Å². The van der Waals surface area contributed by atoms with Crippen molar-refractivity contribution in [2.45, 2.75) is 25.0 Å². The summed E-state index contributed by atoms with van der Waals surface area (Å²) in [6, 6.07) is 2.65. The molecule has 1 N–H and O–H groups in total. The highest BCUT2D eigenvalue weighted by Gasteiger charge is 2.32. The van der Waals surface area contributed by atoms with Crippen LogP contribution in [-0.2, 0) is 0 Å². The molecular weight excluding hydrogens is 278 g/mol. The van der Waals surface area contributed by atoms with Crippen molar-refractivity contribution in [1.82, 2.24) is 4.57 Å². The van der Waals surface area contributed by atoms with Gasteiger partial charge in [-0.15, -0.1) is 0 Å². The monoisotopic (exact) mass is 292 g/mol. The minimum Gasteiger partial charge on any atom is -0.389 e. The number of anilines is 1. The van der Waals surface area contributed by atoms with E-state index >= 15 is 0 Å². The summed E-state index contributed by atoms with van der Waals surface area (Å²) in [6.45, 7) is 0.416. The Labute approximate surface area is 119 Å². The highest BCUT2D eigenvalue weighted by Crippen LogP contribution is 2.39. The van der Waals surface area contributed by atoms with Crippen molar-refractivity contribution in [3.63, 3.8) is 0 Å². The number of rotatable bonds is 2. The van der Waals surface area contributed by atoms with Gasteiger partial charge in [0.2, 0.25) is 0 Å². The highest BCUT2D eigenvalue weighted by molar-refractivity contribution is 5.84. The molecule has 1 aliphatic carbocycles. The molecular formula is C15H14F2N2O2. The van der Waals surface area contributed by atoms with Crippen LogP contribution in [0.2, 0.25) is 0 Å². The minimum absolute atomic E-state index is 0.0734. The Morgan fingerprint density at radius 3 is 2.57 bits per heavy atom. The standard InChI is InChI=1S/C15H14F2N2O2/c16-11-5-10-12(21)3-4-19(8-1-2-8)14(10)13(17)15(11)18-6-9(20)7-18/h3-5,8-9,20H,1-2,6-7H2. The molecule has 1 aromatic heterocycles. The van der Waals surface area contributed by atoms with Gasteiger partial charge >= 0.3 is 0 Å². The van der Waals surface area contributed by atoms with Gasteiger partial charge in [0, 0.05) is 31.4 Å². The smallest absolute Gasteiger partial charge is 0.189 e. The fourth-order valence-electron chi connectivity index (χ4n) is 2.94. The van der Waals surface area contributed by atoms with Crippen molar-refractivity contribution in [3.8, 4) is 0 Å². The maximum absolute atomic E-state index is 14.8. The molecule has 4 nitrogen and oxygen atoms in total. The van der Waals surface area contributed by atoms with E-state index in [2.05, 4.69) is 0 Å². The maximum atomic E-state index is 14.8. The maximum Gasteiger partial charge on any atom is 0.189 e. The average Bonchev–Trinajstić information content (AvgIpc) is 3.22. The molecule has 0 radical (unpaired) electrons. The third-order valence-corrected chi connectivity index (χ3v) is 4.20. The van der Waals surface area contributed by atoms with E-state index < -0.39 is 17.7 Å². The van der Waals surface area contributed by atoms with Crippen LogP contribution >= 0.6 is 0 Å². The number of β-amino-alcohol motifs (C(OH)–C–C–N with tert-alkyl or cyclic N) is 1. The molecule has 2 fully saturated rings. The molecule has 0 unspecified atom stereocenters. The average molecular weight is 292 g/mol. The summed E-state index contributed by atoms with van der Waals surface area (Å²) < 4.78 is 30.8. The Hall–Kier alpha value is -1.95. The highest BCUT2D eigenvalue weighted by atomic mass is 19.1. The lowest BCUT2D eigenvalue weighted by Crippen LogP contribution is -2.51. The Morgan fingerprint density at radius 2 is 1.95 bits per heavy atom. The number of aromatic nitrogens is 1. The van der Waals surface area contributed by atoms with Gasteiger partial charge in [-0.1, -0.05) is 0 Å². The van der Waals surface area contributed by atoms with Crippen LogP contribution in [0.5, 0.6) is 0 Å². The summed E-state index contributed by atoms with van der Waals surface area (Å²) >= 11 is 0. The molecule has 1 aromatic carbocycles. The Kier molecular flexibility index (Phi) is 2.60. The molecule has 1 aliphatic heterocycles. The molecule has 2 aliphatic rings. The number of aliphatic hydroxyl groups is 1. The van der Waals surface area contributed by atoms with Gasteiger partial charge in [-0.25, -0.2) is 8.78 Å². The van der Waals surface area contributed by atoms with Gasteiger partial charge in [0.25, 0.3) is 0 Å². The molecule has 1 saturated heterocycles. The third-order valence-electron chi connectivity index (χ3n) is 4.20. The number of hydrogen-bond donors (Lipinski definition) is 1. The summed E-state index contributed by atoms with van der Waals surface area (Å²) in [5.74, 6) is -1.46. The number of halogens is 2. The molecule has 0 spiro atoms. The first-order valence-electron chi connectivity index (χ1n) is 7.02. The van der Waals surface area contributed by atoms with Crippen LogP contribution in [0, 0.1) is 11.6 Å². The fraction of sp³-hybridized carbons (Fsp3) is 0.400. The quantitative estimate of drug-likeness (QED) is 0.918. The first-order valence-corrected chi connectivity index (χ1v) is 7.02. The van der Waals surface area contributed by atoms with Crippen LogP contribution in [0.25, 0.3) is 10.9 Å². The van der Waals surface area contributed by atoms with Crippen molar-refractivity contribution in [2.75, 3.05) is 18.0 Å². The second-order valence-electron chi connectivity index (χ2n) is 5.79. The van der Waals surface area contributed by atoms with E-state index in [9.17, 15) is 18.7 Å². The number of nitrogens with zero attached hydrogens (tertiary/aromatic N) is 2. The SMILES string of the molecule is O=c1ccn(C2CC2)c2c(F)c(N3CC(O)C3)c(F)cc12. The van der Waals surface area contributed by atoms with E-state index in [4.69, 9.17) is 0 Å². The number of benzene rings is 1. The minimum atomic E-state index is -0.752. The molecule has 4 rings (SSSR count). The molecule has 110 valence electrons. The Bertz CT molecular complexity index is 792. The van der Waals surface area contributed by atoms with Crippen molar-refractivity contribution in [2.24, 2.45) is 0 Å². The fourth-order valence-corrected chi connectivity index (χ4v) is 2.94. The van der Waals surface area contributed by atoms with Crippen molar-refractivity contribution in [1.29, 1.82) is 0 Å². The van der Waals surface area contributed by atoms with E-state index in [0.717, 1.165) is 18.9 Å². The Balaban J connectivity index is 1.99. The van der Waals surface area contributed by atoms with E-state index in [1.54, 1.807) is 10.8 Å². The van der Waals surface area contributed by atoms with Crippen molar-refractivity contribution < 1.29 is 13.9 Å². The van der Waals surface area contributed by atoms with Gasteiger partial charge in [-0.3, -0.25) is 4.79 Å². The lowest BCUT2D eigenvalue weighted by molar-refractivity contribution is 0.140. The van der Waals surface area contributed by atoms with Gasteiger partial charge in [-0.05, 0) is 18.9 Å². The first-order chi connectivity index (χ1) is 10.1. The van der Waals surface area contributed by atoms with Crippen LogP contribution in [0.15, 0.2) is 23.1 Å². The third kappa shape index (κ3) is 1.86. The Morgan fingerprint density at radius 1 is 1.24 bits per heavy atom. The first kappa shape index (κ1) is 12.8. The van der Waals surface area contributed by atoms with E-state index in [1.165, 1.54) is 11.0 Å². The summed E-state index contributed by atoms with van der Waals surface area (Å²) in [7, 11) is 0. The number of fused-ring (bicyclic) bond motifs is 1. The van der Waals surface area contributed by atoms with Gasteiger partial charge in [0.1, 0.15) is 11.5 Å². The summed E-state index contributed by atoms with van der Waals surface area (Å²) in [6.07, 6.45) is 2.90. The molecule has 0 atom stereocenters. The molecule has 6 heteroatoms. The zero-order valence-electron chi connectivity index (χ0n) is 11.2. The molecule has 0 bridgehead atoms. The molecule has 1 saturated carbocycles. The molecule has 0 amide bonds. The van der Waals surface area contributed by atoms with E-state index in [1.807, 2.05) is 0 Å². The lowest BCUT2D eigenvalue weighted by atomic mass is 10.1. The topological polar surface area (TPSA) is 45.5 Å². The van der Waals surface area contributed by atoms with E-state index in [0.29, 0.717) is 0 Å². The van der Waals surface area contributed by atoms with Crippen LogP contribution < -0.4 is 10.3 Å². The summed E-state index contributed by atoms with van der Waals surface area (Å²) in [4.78, 5) is 13.4. The van der Waals surface area contributed by atoms with Crippen LogP contribution in [0.3, 0.4) is 0 Å². The molecule has 2 aromatic rings. The second kappa shape index (κ2) is 4.27. The van der Waals surface area contributed by atoms with Gasteiger partial charge in [0.15, 0.2) is 11.2 Å².